The number of hydrogen-bond acceptors (Lipinski definition) is 4. The van der Waals surface area contributed by atoms with Crippen LogP contribution in [0.2, 0.25) is 0 Å². The molecule has 2 heterocycles. The van der Waals surface area contributed by atoms with E-state index in [1.54, 1.807) is 25.3 Å². The van der Waals surface area contributed by atoms with E-state index in [-0.39, 0.29) is 5.91 Å². The number of rotatable bonds is 3. The summed E-state index contributed by atoms with van der Waals surface area (Å²) in [5, 5.41) is 6.98. The third-order valence-corrected chi connectivity index (χ3v) is 3.70. The fourth-order valence-corrected chi connectivity index (χ4v) is 2.61. The number of nitrogens with zero attached hydrogens (tertiary/aromatic N) is 2. The van der Waals surface area contributed by atoms with Crippen LogP contribution in [0.1, 0.15) is 25.9 Å². The second-order valence-electron chi connectivity index (χ2n) is 4.17. The van der Waals surface area contributed by atoms with Crippen molar-refractivity contribution >= 4 is 22.9 Å². The van der Waals surface area contributed by atoms with Gasteiger partial charge in [-0.3, -0.25) is 9.48 Å². The van der Waals surface area contributed by atoms with Crippen LogP contribution in [0, 0.1) is 13.8 Å². The topological polar surface area (TPSA) is 72.9 Å². The summed E-state index contributed by atoms with van der Waals surface area (Å²) in [7, 11) is 1.72. The Bertz CT molecular complexity index is 585. The molecule has 0 unspecified atom stereocenters. The molecule has 96 valence electrons. The maximum atomic E-state index is 12.0. The Hall–Kier alpha value is -1.82. The SMILES string of the molecule is Cc1ccc(CNC(=O)c2c(N)c(C)nn2C)s1. The minimum Gasteiger partial charge on any atom is -0.395 e. The van der Waals surface area contributed by atoms with Crippen LogP contribution < -0.4 is 11.1 Å². The molecular formula is C12H16N4OS. The molecule has 5 nitrogen and oxygen atoms in total. The van der Waals surface area contributed by atoms with E-state index in [1.807, 2.05) is 19.1 Å². The maximum Gasteiger partial charge on any atom is 0.271 e. The van der Waals surface area contributed by atoms with E-state index >= 15 is 0 Å². The van der Waals surface area contributed by atoms with Gasteiger partial charge in [0.15, 0.2) is 0 Å². The Morgan fingerprint density at radius 2 is 2.22 bits per heavy atom. The van der Waals surface area contributed by atoms with Crippen LogP contribution in [0.5, 0.6) is 0 Å². The molecule has 0 saturated heterocycles. The van der Waals surface area contributed by atoms with Crippen LogP contribution in [-0.4, -0.2) is 15.7 Å². The van der Waals surface area contributed by atoms with Gasteiger partial charge in [0.25, 0.3) is 5.91 Å². The number of nitrogens with two attached hydrogens (primary N) is 1. The molecule has 3 N–H and O–H groups in total. The third kappa shape index (κ3) is 2.38. The summed E-state index contributed by atoms with van der Waals surface area (Å²) in [5.41, 5.74) is 7.37. The van der Waals surface area contributed by atoms with Crippen molar-refractivity contribution in [3.8, 4) is 0 Å². The van der Waals surface area contributed by atoms with Crippen LogP contribution in [0.25, 0.3) is 0 Å². The van der Waals surface area contributed by atoms with Gasteiger partial charge >= 0.3 is 0 Å². The van der Waals surface area contributed by atoms with Crippen molar-refractivity contribution in [2.75, 3.05) is 5.73 Å². The van der Waals surface area contributed by atoms with Gasteiger partial charge in [0.05, 0.1) is 17.9 Å². The Morgan fingerprint density at radius 3 is 2.72 bits per heavy atom. The highest BCUT2D eigenvalue weighted by Gasteiger charge is 2.17. The van der Waals surface area contributed by atoms with Gasteiger partial charge in [-0.25, -0.2) is 0 Å². The second kappa shape index (κ2) is 4.81. The number of carbonyl (C=O) groups excluding carboxylic acids is 1. The summed E-state index contributed by atoms with van der Waals surface area (Å²) in [4.78, 5) is 14.4. The Balaban J connectivity index is 2.08. The molecule has 1 amide bonds. The third-order valence-electron chi connectivity index (χ3n) is 2.70. The van der Waals surface area contributed by atoms with Crippen molar-refractivity contribution in [2.45, 2.75) is 20.4 Å². The smallest absolute Gasteiger partial charge is 0.271 e. The van der Waals surface area contributed by atoms with Crippen molar-refractivity contribution in [3.05, 3.63) is 33.3 Å². The average molecular weight is 264 g/mol. The van der Waals surface area contributed by atoms with Crippen LogP contribution in [0.15, 0.2) is 12.1 Å². The molecule has 6 heteroatoms. The molecule has 0 fully saturated rings. The maximum absolute atomic E-state index is 12.0. The highest BCUT2D eigenvalue weighted by Crippen LogP contribution is 2.17. The number of nitrogen functional groups attached to an aromatic ring is 1. The standard InChI is InChI=1S/C12H16N4OS/c1-7-4-5-9(18-7)6-14-12(17)11-10(13)8(2)15-16(11)3/h4-5H,6,13H2,1-3H3,(H,14,17). The lowest BCUT2D eigenvalue weighted by atomic mass is 10.3. The van der Waals surface area contributed by atoms with Crippen molar-refractivity contribution in [1.29, 1.82) is 0 Å². The van der Waals surface area contributed by atoms with Crippen molar-refractivity contribution < 1.29 is 4.79 Å². The summed E-state index contributed by atoms with van der Waals surface area (Å²) >= 11 is 1.67. The quantitative estimate of drug-likeness (QED) is 0.884. The van der Waals surface area contributed by atoms with E-state index in [1.165, 1.54) is 9.56 Å². The Morgan fingerprint density at radius 1 is 1.50 bits per heavy atom. The van der Waals surface area contributed by atoms with E-state index < -0.39 is 0 Å². The zero-order valence-electron chi connectivity index (χ0n) is 10.7. The number of aryl methyl sites for hydroxylation is 3. The molecule has 2 aromatic heterocycles. The first-order chi connectivity index (χ1) is 8.49. The lowest BCUT2D eigenvalue weighted by molar-refractivity contribution is 0.0943. The summed E-state index contributed by atoms with van der Waals surface area (Å²) in [6.45, 7) is 4.34. The van der Waals surface area contributed by atoms with Crippen molar-refractivity contribution in [1.82, 2.24) is 15.1 Å². The van der Waals surface area contributed by atoms with Gasteiger partial charge in [0.2, 0.25) is 0 Å². The van der Waals surface area contributed by atoms with E-state index in [2.05, 4.69) is 10.4 Å². The minimum atomic E-state index is -0.193. The monoisotopic (exact) mass is 264 g/mol. The number of amides is 1. The molecule has 0 aliphatic heterocycles. The van der Waals surface area contributed by atoms with Crippen LogP contribution >= 0.6 is 11.3 Å². The van der Waals surface area contributed by atoms with E-state index in [0.717, 1.165) is 4.88 Å². The molecule has 2 rings (SSSR count). The molecule has 18 heavy (non-hydrogen) atoms. The van der Waals surface area contributed by atoms with Gasteiger partial charge in [0, 0.05) is 16.8 Å². The lowest BCUT2D eigenvalue weighted by Crippen LogP contribution is -2.25. The number of hydrogen-bond donors (Lipinski definition) is 2. The predicted molar refractivity (Wildman–Crippen MR) is 72.6 cm³/mol. The van der Waals surface area contributed by atoms with Crippen LogP contribution in [0.3, 0.4) is 0 Å². The molecule has 0 spiro atoms. The Labute approximate surface area is 110 Å². The van der Waals surface area contributed by atoms with E-state index in [9.17, 15) is 4.79 Å². The number of aromatic nitrogens is 2. The first kappa shape index (κ1) is 12.6. The highest BCUT2D eigenvalue weighted by molar-refractivity contribution is 7.11. The van der Waals surface area contributed by atoms with E-state index in [4.69, 9.17) is 5.73 Å². The van der Waals surface area contributed by atoms with E-state index in [0.29, 0.717) is 23.6 Å². The number of anilines is 1. The molecule has 0 saturated carbocycles. The van der Waals surface area contributed by atoms with Crippen molar-refractivity contribution in [2.24, 2.45) is 7.05 Å². The summed E-state index contributed by atoms with van der Waals surface area (Å²) in [6, 6.07) is 4.05. The first-order valence-corrected chi connectivity index (χ1v) is 6.43. The zero-order chi connectivity index (χ0) is 13.3. The second-order valence-corrected chi connectivity index (χ2v) is 5.54. The van der Waals surface area contributed by atoms with Gasteiger partial charge < -0.3 is 11.1 Å². The molecular weight excluding hydrogens is 248 g/mol. The average Bonchev–Trinajstić information content (AvgIpc) is 2.82. The number of thiophene rings is 1. The number of carbonyl (C=O) groups is 1. The summed E-state index contributed by atoms with van der Waals surface area (Å²) < 4.78 is 1.51. The fraction of sp³-hybridized carbons (Fsp3) is 0.333. The molecule has 0 radical (unpaired) electrons. The van der Waals surface area contributed by atoms with Crippen molar-refractivity contribution in [3.63, 3.8) is 0 Å². The van der Waals surface area contributed by atoms with Crippen LogP contribution in [0.4, 0.5) is 5.69 Å². The largest absolute Gasteiger partial charge is 0.395 e. The van der Waals surface area contributed by atoms with Crippen LogP contribution in [-0.2, 0) is 13.6 Å². The summed E-state index contributed by atoms with van der Waals surface area (Å²) in [6.07, 6.45) is 0. The molecule has 0 aromatic carbocycles. The predicted octanol–water partition coefficient (Wildman–Crippen LogP) is 1.61. The molecule has 0 atom stereocenters. The molecule has 0 bridgehead atoms. The molecule has 2 aromatic rings. The lowest BCUT2D eigenvalue weighted by Gasteiger charge is -2.04. The van der Waals surface area contributed by atoms with Gasteiger partial charge in [-0.05, 0) is 26.0 Å². The number of nitrogens with one attached hydrogen (secondary N) is 1. The normalized spacial score (nSPS) is 10.6. The Kier molecular flexibility index (Phi) is 3.38. The van der Waals surface area contributed by atoms with Gasteiger partial charge in [0.1, 0.15) is 5.69 Å². The molecule has 0 aliphatic carbocycles. The zero-order valence-corrected chi connectivity index (χ0v) is 11.5. The fourth-order valence-electron chi connectivity index (χ4n) is 1.78. The minimum absolute atomic E-state index is 0.193. The van der Waals surface area contributed by atoms with Gasteiger partial charge in [-0.2, -0.15) is 5.10 Å². The summed E-state index contributed by atoms with van der Waals surface area (Å²) in [5.74, 6) is -0.193. The van der Waals surface area contributed by atoms with Gasteiger partial charge in [-0.1, -0.05) is 0 Å². The molecule has 0 aliphatic rings. The highest BCUT2D eigenvalue weighted by atomic mass is 32.1. The first-order valence-electron chi connectivity index (χ1n) is 5.61. The van der Waals surface area contributed by atoms with Gasteiger partial charge in [-0.15, -0.1) is 11.3 Å².